The van der Waals surface area contributed by atoms with Crippen molar-refractivity contribution >= 4 is 16.9 Å². The van der Waals surface area contributed by atoms with Crippen LogP contribution >= 0.6 is 0 Å². The molecule has 0 unspecified atom stereocenters. The van der Waals surface area contributed by atoms with E-state index in [0.717, 1.165) is 10.9 Å². The number of nitrogens with one attached hydrogen (secondary N) is 1. The number of carboxylic acid groups (broad SMARTS) is 1. The summed E-state index contributed by atoms with van der Waals surface area (Å²) >= 11 is 0. The molecule has 3 rings (SSSR count). The predicted molar refractivity (Wildman–Crippen MR) is 78.7 cm³/mol. The molecule has 5 heteroatoms. The van der Waals surface area contributed by atoms with Gasteiger partial charge in [0.2, 0.25) is 0 Å². The van der Waals surface area contributed by atoms with Gasteiger partial charge in [0.25, 0.3) is 5.56 Å². The van der Waals surface area contributed by atoms with Crippen LogP contribution in [0.2, 0.25) is 0 Å². The van der Waals surface area contributed by atoms with E-state index in [1.165, 1.54) is 12.1 Å². The van der Waals surface area contributed by atoms with Gasteiger partial charge >= 0.3 is 6.16 Å². The minimum absolute atomic E-state index is 0.118. The lowest BCUT2D eigenvalue weighted by molar-refractivity contribution is 0.144. The lowest BCUT2D eigenvalue weighted by atomic mass is 10.1. The van der Waals surface area contributed by atoms with Crippen molar-refractivity contribution < 1.29 is 14.6 Å². The summed E-state index contributed by atoms with van der Waals surface area (Å²) in [6.45, 7) is 0. The summed E-state index contributed by atoms with van der Waals surface area (Å²) in [5.41, 5.74) is 1.32. The fourth-order valence-corrected chi connectivity index (χ4v) is 2.18. The van der Waals surface area contributed by atoms with Crippen LogP contribution in [-0.4, -0.2) is 16.2 Å². The van der Waals surface area contributed by atoms with Crippen molar-refractivity contribution in [2.24, 2.45) is 0 Å². The number of hydrogen-bond donors (Lipinski definition) is 2. The third kappa shape index (κ3) is 2.62. The summed E-state index contributed by atoms with van der Waals surface area (Å²) in [5, 5.41) is 9.69. The molecule has 2 aromatic carbocycles. The molecule has 21 heavy (non-hydrogen) atoms. The number of fused-ring (bicyclic) bond motifs is 1. The lowest BCUT2D eigenvalue weighted by Gasteiger charge is -2.05. The van der Waals surface area contributed by atoms with Gasteiger partial charge in [-0.1, -0.05) is 36.4 Å². The first-order chi connectivity index (χ1) is 10.1. The molecule has 1 aromatic heterocycles. The normalized spacial score (nSPS) is 10.5. The van der Waals surface area contributed by atoms with E-state index in [0.29, 0.717) is 11.1 Å². The van der Waals surface area contributed by atoms with Crippen molar-refractivity contribution in [3.8, 4) is 17.0 Å². The monoisotopic (exact) mass is 281 g/mol. The molecular formula is C16H11NO4. The lowest BCUT2D eigenvalue weighted by Crippen LogP contribution is -2.08. The Morgan fingerprint density at radius 1 is 1.05 bits per heavy atom. The van der Waals surface area contributed by atoms with Crippen molar-refractivity contribution in [2.75, 3.05) is 0 Å². The van der Waals surface area contributed by atoms with Crippen LogP contribution in [0.15, 0.2) is 59.4 Å². The van der Waals surface area contributed by atoms with Gasteiger partial charge in [-0.3, -0.25) is 4.79 Å². The Hall–Kier alpha value is -3.08. The predicted octanol–water partition coefficient (Wildman–Crippen LogP) is 3.25. The Bertz CT molecular complexity index is 868. The number of carbonyl (C=O) groups is 1. The van der Waals surface area contributed by atoms with E-state index in [1.807, 2.05) is 36.4 Å². The van der Waals surface area contributed by atoms with Gasteiger partial charge in [0.15, 0.2) is 0 Å². The van der Waals surface area contributed by atoms with Gasteiger partial charge < -0.3 is 14.8 Å². The molecule has 0 saturated heterocycles. The van der Waals surface area contributed by atoms with Crippen molar-refractivity contribution in [1.82, 2.24) is 4.98 Å². The molecule has 0 aliphatic heterocycles. The summed E-state index contributed by atoms with van der Waals surface area (Å²) < 4.78 is 4.56. The smallest absolute Gasteiger partial charge is 0.449 e. The molecule has 104 valence electrons. The SMILES string of the molecule is O=C(O)Oc1ccc2cc(-c3ccccc3)[nH]c(=O)c2c1. The Labute approximate surface area is 119 Å². The van der Waals surface area contributed by atoms with E-state index in [9.17, 15) is 9.59 Å². The van der Waals surface area contributed by atoms with Gasteiger partial charge in [-0.05, 0) is 29.1 Å². The zero-order valence-electron chi connectivity index (χ0n) is 10.9. The molecule has 1 heterocycles. The number of rotatable bonds is 2. The van der Waals surface area contributed by atoms with Crippen molar-refractivity contribution in [3.05, 3.63) is 65.0 Å². The van der Waals surface area contributed by atoms with Crippen LogP contribution in [0.4, 0.5) is 4.79 Å². The third-order valence-corrected chi connectivity index (χ3v) is 3.11. The average Bonchev–Trinajstić information content (AvgIpc) is 2.48. The molecular weight excluding hydrogens is 270 g/mol. The van der Waals surface area contributed by atoms with Gasteiger partial charge in [-0.2, -0.15) is 0 Å². The van der Waals surface area contributed by atoms with E-state index >= 15 is 0 Å². The highest BCUT2D eigenvalue weighted by Crippen LogP contribution is 2.22. The van der Waals surface area contributed by atoms with Gasteiger partial charge in [0, 0.05) is 5.69 Å². The number of benzene rings is 2. The quantitative estimate of drug-likeness (QED) is 0.558. The van der Waals surface area contributed by atoms with Crippen molar-refractivity contribution in [3.63, 3.8) is 0 Å². The molecule has 5 nitrogen and oxygen atoms in total. The number of aromatic nitrogens is 1. The molecule has 0 fully saturated rings. The fraction of sp³-hybridized carbons (Fsp3) is 0. The van der Waals surface area contributed by atoms with Crippen molar-refractivity contribution in [2.45, 2.75) is 0 Å². The molecule has 0 amide bonds. The number of pyridine rings is 1. The Morgan fingerprint density at radius 2 is 1.81 bits per heavy atom. The van der Waals surface area contributed by atoms with Crippen LogP contribution in [0.1, 0.15) is 0 Å². The van der Waals surface area contributed by atoms with Gasteiger partial charge in [0.1, 0.15) is 5.75 Å². The van der Waals surface area contributed by atoms with Gasteiger partial charge in [-0.15, -0.1) is 0 Å². The van der Waals surface area contributed by atoms with Gasteiger partial charge in [-0.25, -0.2) is 4.79 Å². The maximum absolute atomic E-state index is 12.2. The minimum Gasteiger partial charge on any atom is -0.449 e. The second-order valence-corrected chi connectivity index (χ2v) is 4.50. The van der Waals surface area contributed by atoms with E-state index < -0.39 is 6.16 Å². The van der Waals surface area contributed by atoms with E-state index in [-0.39, 0.29) is 11.3 Å². The topological polar surface area (TPSA) is 79.4 Å². The summed E-state index contributed by atoms with van der Waals surface area (Å²) in [6, 6.07) is 15.9. The molecule has 0 radical (unpaired) electrons. The minimum atomic E-state index is -1.41. The largest absolute Gasteiger partial charge is 0.511 e. The van der Waals surface area contributed by atoms with Crippen LogP contribution in [0.25, 0.3) is 22.0 Å². The first-order valence-electron chi connectivity index (χ1n) is 6.27. The number of ether oxygens (including phenoxy) is 1. The number of aromatic amines is 1. The zero-order chi connectivity index (χ0) is 14.8. The summed E-state index contributed by atoms with van der Waals surface area (Å²) in [5.74, 6) is 0.118. The summed E-state index contributed by atoms with van der Waals surface area (Å²) in [4.78, 5) is 25.5. The molecule has 3 aromatic rings. The second-order valence-electron chi connectivity index (χ2n) is 4.50. The Morgan fingerprint density at radius 3 is 2.52 bits per heavy atom. The highest BCUT2D eigenvalue weighted by molar-refractivity contribution is 5.86. The Balaban J connectivity index is 2.14. The summed E-state index contributed by atoms with van der Waals surface area (Å²) in [7, 11) is 0. The first-order valence-corrected chi connectivity index (χ1v) is 6.27. The molecule has 0 saturated carbocycles. The highest BCUT2D eigenvalue weighted by Gasteiger charge is 2.07. The van der Waals surface area contributed by atoms with Crippen molar-refractivity contribution in [1.29, 1.82) is 0 Å². The number of hydrogen-bond acceptors (Lipinski definition) is 3. The first kappa shape index (κ1) is 12.9. The molecule has 0 aliphatic carbocycles. The maximum atomic E-state index is 12.2. The van der Waals surface area contributed by atoms with Crippen LogP contribution < -0.4 is 10.3 Å². The molecule has 0 atom stereocenters. The zero-order valence-corrected chi connectivity index (χ0v) is 10.9. The van der Waals surface area contributed by atoms with Crippen LogP contribution in [0.3, 0.4) is 0 Å². The highest BCUT2D eigenvalue weighted by atomic mass is 16.7. The standard InChI is InChI=1S/C16H11NO4/c18-15-13-9-12(21-16(19)20)7-6-11(13)8-14(17-15)10-4-2-1-3-5-10/h1-9H,(H,17,18)(H,19,20). The van der Waals surface area contributed by atoms with E-state index in [2.05, 4.69) is 9.72 Å². The maximum Gasteiger partial charge on any atom is 0.511 e. The number of H-pyrrole nitrogens is 1. The molecule has 2 N–H and O–H groups in total. The van der Waals surface area contributed by atoms with Crippen LogP contribution in [-0.2, 0) is 0 Å². The van der Waals surface area contributed by atoms with Crippen LogP contribution in [0, 0.1) is 0 Å². The third-order valence-electron chi connectivity index (χ3n) is 3.11. The van der Waals surface area contributed by atoms with E-state index in [4.69, 9.17) is 5.11 Å². The Kier molecular flexibility index (Phi) is 3.16. The van der Waals surface area contributed by atoms with E-state index in [1.54, 1.807) is 6.07 Å². The average molecular weight is 281 g/mol. The molecule has 0 aliphatic rings. The van der Waals surface area contributed by atoms with Crippen LogP contribution in [0.5, 0.6) is 5.75 Å². The fourth-order valence-electron chi connectivity index (χ4n) is 2.18. The van der Waals surface area contributed by atoms with Gasteiger partial charge in [0.05, 0.1) is 5.39 Å². The molecule has 0 spiro atoms. The second kappa shape index (κ2) is 5.13. The molecule has 0 bridgehead atoms. The summed E-state index contributed by atoms with van der Waals surface area (Å²) in [6.07, 6.45) is -1.41.